The van der Waals surface area contributed by atoms with E-state index in [0.29, 0.717) is 6.61 Å². The Bertz CT molecular complexity index is 696. The molecule has 0 unspecified atom stereocenters. The minimum atomic E-state index is -0.192. The summed E-state index contributed by atoms with van der Waals surface area (Å²) < 4.78 is 11.7. The maximum atomic E-state index is 5.90. The van der Waals surface area contributed by atoms with Crippen LogP contribution in [0, 0.1) is 0 Å². The van der Waals surface area contributed by atoms with E-state index in [4.69, 9.17) is 9.47 Å². The minimum Gasteiger partial charge on any atom is -0.488 e. The van der Waals surface area contributed by atoms with Crippen molar-refractivity contribution in [3.05, 3.63) is 59.7 Å². The third kappa shape index (κ3) is 4.13. The zero-order valence-corrected chi connectivity index (χ0v) is 14.0. The summed E-state index contributed by atoms with van der Waals surface area (Å²) >= 11 is 0. The summed E-state index contributed by atoms with van der Waals surface area (Å²) in [7, 11) is 0. The van der Waals surface area contributed by atoms with Gasteiger partial charge in [-0.2, -0.15) is 0 Å². The van der Waals surface area contributed by atoms with Crippen molar-refractivity contribution in [3.8, 4) is 11.5 Å². The second-order valence-corrected chi connectivity index (χ2v) is 6.71. The van der Waals surface area contributed by atoms with Gasteiger partial charge in [-0.15, -0.1) is 0 Å². The first-order chi connectivity index (χ1) is 11.0. The van der Waals surface area contributed by atoms with E-state index in [2.05, 4.69) is 29.3 Å². The van der Waals surface area contributed by atoms with E-state index < -0.39 is 0 Å². The van der Waals surface area contributed by atoms with Gasteiger partial charge >= 0.3 is 0 Å². The molecule has 0 spiro atoms. The van der Waals surface area contributed by atoms with Crippen LogP contribution in [0.1, 0.15) is 31.9 Å². The molecular formula is C20H23NO2. The molecule has 0 fully saturated rings. The van der Waals surface area contributed by atoms with Crippen molar-refractivity contribution < 1.29 is 9.47 Å². The molecule has 0 N–H and O–H groups in total. The van der Waals surface area contributed by atoms with Crippen LogP contribution in [0.25, 0.3) is 0 Å². The molecule has 23 heavy (non-hydrogen) atoms. The van der Waals surface area contributed by atoms with Crippen LogP contribution >= 0.6 is 0 Å². The Hall–Kier alpha value is -2.29. The number of rotatable bonds is 4. The fraction of sp³-hybridized carbons (Fsp3) is 0.350. The van der Waals surface area contributed by atoms with Gasteiger partial charge in [0, 0.05) is 12.1 Å². The molecule has 0 amide bonds. The Morgan fingerprint density at radius 1 is 0.957 bits per heavy atom. The van der Waals surface area contributed by atoms with Gasteiger partial charge in [-0.25, -0.2) is 0 Å². The van der Waals surface area contributed by atoms with E-state index in [-0.39, 0.29) is 5.60 Å². The van der Waals surface area contributed by atoms with Gasteiger partial charge in [0.2, 0.25) is 0 Å². The van der Waals surface area contributed by atoms with Gasteiger partial charge in [0.25, 0.3) is 0 Å². The van der Waals surface area contributed by atoms with Crippen LogP contribution in [0.4, 0.5) is 0 Å². The first kappa shape index (κ1) is 15.6. The van der Waals surface area contributed by atoms with Gasteiger partial charge in [0.1, 0.15) is 23.7 Å². The molecule has 0 saturated carbocycles. The van der Waals surface area contributed by atoms with Crippen molar-refractivity contribution in [2.75, 3.05) is 13.2 Å². The number of fused-ring (bicyclic) bond motifs is 1. The minimum absolute atomic E-state index is 0.192. The van der Waals surface area contributed by atoms with Crippen molar-refractivity contribution in [3.63, 3.8) is 0 Å². The molecule has 0 aliphatic carbocycles. The average Bonchev–Trinajstić information content (AvgIpc) is 2.53. The van der Waals surface area contributed by atoms with E-state index in [1.54, 1.807) is 0 Å². The van der Waals surface area contributed by atoms with Gasteiger partial charge in [-0.3, -0.25) is 4.99 Å². The van der Waals surface area contributed by atoms with Crippen LogP contribution in [0.2, 0.25) is 0 Å². The van der Waals surface area contributed by atoms with E-state index in [1.807, 2.05) is 45.0 Å². The summed E-state index contributed by atoms with van der Waals surface area (Å²) in [5.74, 6) is 1.68. The molecule has 0 aromatic heterocycles. The lowest BCUT2D eigenvalue weighted by molar-refractivity contribution is 0.131. The lowest BCUT2D eigenvalue weighted by Crippen LogP contribution is -2.22. The van der Waals surface area contributed by atoms with Crippen molar-refractivity contribution >= 4 is 5.71 Å². The van der Waals surface area contributed by atoms with Crippen LogP contribution in [0.5, 0.6) is 11.5 Å². The lowest BCUT2D eigenvalue weighted by Gasteiger charge is -2.21. The number of benzene rings is 2. The van der Waals surface area contributed by atoms with Crippen molar-refractivity contribution in [2.24, 2.45) is 4.99 Å². The summed E-state index contributed by atoms with van der Waals surface area (Å²) in [6.07, 6.45) is 1.01. The van der Waals surface area contributed by atoms with Crippen LogP contribution < -0.4 is 9.47 Å². The monoisotopic (exact) mass is 309 g/mol. The summed E-state index contributed by atoms with van der Waals surface area (Å²) in [5.41, 5.74) is 3.41. The maximum absolute atomic E-state index is 5.90. The van der Waals surface area contributed by atoms with Crippen molar-refractivity contribution in [1.29, 1.82) is 0 Å². The Labute approximate surface area is 138 Å². The smallest absolute Gasteiger partial charge is 0.130 e. The van der Waals surface area contributed by atoms with Crippen molar-refractivity contribution in [2.45, 2.75) is 32.8 Å². The number of hydrogen-bond acceptors (Lipinski definition) is 3. The highest BCUT2D eigenvalue weighted by Gasteiger charge is 2.14. The van der Waals surface area contributed by atoms with Crippen LogP contribution in [0.3, 0.4) is 0 Å². The maximum Gasteiger partial charge on any atom is 0.130 e. The number of hydrogen-bond donors (Lipinski definition) is 0. The number of nitrogens with zero attached hydrogens (tertiary/aromatic N) is 1. The molecule has 1 heterocycles. The zero-order valence-electron chi connectivity index (χ0n) is 14.0. The Morgan fingerprint density at radius 3 is 2.39 bits per heavy atom. The summed E-state index contributed by atoms with van der Waals surface area (Å²) in [4.78, 5) is 4.62. The third-order valence-corrected chi connectivity index (χ3v) is 3.64. The molecule has 0 atom stereocenters. The van der Waals surface area contributed by atoms with Crippen molar-refractivity contribution in [1.82, 2.24) is 0 Å². The van der Waals surface area contributed by atoms with Gasteiger partial charge < -0.3 is 9.47 Å². The van der Waals surface area contributed by atoms with E-state index >= 15 is 0 Å². The second kappa shape index (κ2) is 6.45. The number of aliphatic imine (C=N–C) groups is 1. The molecule has 3 nitrogen and oxygen atoms in total. The predicted octanol–water partition coefficient (Wildman–Crippen LogP) is 4.29. The average molecular weight is 309 g/mol. The molecule has 0 radical (unpaired) electrons. The van der Waals surface area contributed by atoms with E-state index in [0.717, 1.165) is 30.2 Å². The van der Waals surface area contributed by atoms with E-state index in [1.165, 1.54) is 11.1 Å². The SMILES string of the molecule is CC(C)(C)Oc1ccc(OCC2=NCCc3ccccc32)cc1. The molecule has 3 rings (SSSR count). The fourth-order valence-electron chi connectivity index (χ4n) is 2.65. The highest BCUT2D eigenvalue weighted by atomic mass is 16.5. The normalized spacial score (nSPS) is 14.0. The van der Waals surface area contributed by atoms with Gasteiger partial charge in [0.05, 0.1) is 5.71 Å². The molecule has 120 valence electrons. The predicted molar refractivity (Wildman–Crippen MR) is 93.9 cm³/mol. The molecule has 0 bridgehead atoms. The standard InChI is InChI=1S/C20H23NO2/c1-20(2,3)23-17-10-8-16(9-11-17)22-14-19-18-7-5-4-6-15(18)12-13-21-19/h4-11H,12-14H2,1-3H3. The molecule has 0 saturated heterocycles. The summed E-state index contributed by atoms with van der Waals surface area (Å²) in [6, 6.07) is 16.2. The van der Waals surface area contributed by atoms with Gasteiger partial charge in [0.15, 0.2) is 0 Å². The summed E-state index contributed by atoms with van der Waals surface area (Å²) in [5, 5.41) is 0. The zero-order chi connectivity index (χ0) is 16.3. The largest absolute Gasteiger partial charge is 0.488 e. The topological polar surface area (TPSA) is 30.8 Å². The molecular weight excluding hydrogens is 286 g/mol. The molecule has 1 aliphatic rings. The quantitative estimate of drug-likeness (QED) is 0.843. The second-order valence-electron chi connectivity index (χ2n) is 6.71. The molecule has 1 aliphatic heterocycles. The first-order valence-corrected chi connectivity index (χ1v) is 8.05. The van der Waals surface area contributed by atoms with Crippen LogP contribution in [-0.4, -0.2) is 24.5 Å². The fourth-order valence-corrected chi connectivity index (χ4v) is 2.65. The van der Waals surface area contributed by atoms with Gasteiger partial charge in [-0.05, 0) is 57.0 Å². The molecule has 2 aromatic carbocycles. The highest BCUT2D eigenvalue weighted by Crippen LogP contribution is 2.22. The first-order valence-electron chi connectivity index (χ1n) is 8.05. The Morgan fingerprint density at radius 2 is 1.65 bits per heavy atom. The van der Waals surface area contributed by atoms with Crippen LogP contribution in [-0.2, 0) is 6.42 Å². The number of ether oxygens (including phenoxy) is 2. The lowest BCUT2D eigenvalue weighted by atomic mass is 9.98. The highest BCUT2D eigenvalue weighted by molar-refractivity contribution is 6.03. The molecule has 2 aromatic rings. The van der Waals surface area contributed by atoms with Crippen LogP contribution in [0.15, 0.2) is 53.5 Å². The Balaban J connectivity index is 1.64. The van der Waals surface area contributed by atoms with Gasteiger partial charge in [-0.1, -0.05) is 24.3 Å². The van der Waals surface area contributed by atoms with E-state index in [9.17, 15) is 0 Å². The third-order valence-electron chi connectivity index (χ3n) is 3.64. The summed E-state index contributed by atoms with van der Waals surface area (Å²) in [6.45, 7) is 7.45. The Kier molecular flexibility index (Phi) is 4.37. The molecule has 3 heteroatoms.